The zero-order valence-corrected chi connectivity index (χ0v) is 8.69. The molecule has 1 saturated heterocycles. The number of nitrogens with one attached hydrogen (secondary N) is 1. The van der Waals surface area contributed by atoms with Crippen molar-refractivity contribution in [1.82, 2.24) is 10.2 Å². The van der Waals surface area contributed by atoms with Gasteiger partial charge in [-0.1, -0.05) is 6.92 Å². The molecular formula is C8H14N2O2S. The van der Waals surface area contributed by atoms with Gasteiger partial charge < -0.3 is 5.32 Å². The largest absolute Gasteiger partial charge is 0.329 e. The Morgan fingerprint density at radius 3 is 2.77 bits per heavy atom. The summed E-state index contributed by atoms with van der Waals surface area (Å²) in [5.41, 5.74) is 0. The minimum absolute atomic E-state index is 0.113. The average Bonchev–Trinajstić information content (AvgIpc) is 2.43. The summed E-state index contributed by atoms with van der Waals surface area (Å²) in [5.74, 6) is -0.113. The second-order valence-electron chi connectivity index (χ2n) is 3.04. The van der Waals surface area contributed by atoms with Crippen LogP contribution >= 0.6 is 11.8 Å². The smallest absolute Gasteiger partial charge is 0.324 e. The minimum Gasteiger partial charge on any atom is -0.329 e. The fourth-order valence-electron chi connectivity index (χ4n) is 1.11. The molecule has 5 heteroatoms. The molecule has 0 aromatic heterocycles. The van der Waals surface area contributed by atoms with Crippen molar-refractivity contribution in [3.8, 4) is 0 Å². The van der Waals surface area contributed by atoms with E-state index in [0.717, 1.165) is 6.42 Å². The second-order valence-corrected chi connectivity index (χ2v) is 4.32. The average molecular weight is 202 g/mol. The molecule has 0 radical (unpaired) electrons. The van der Waals surface area contributed by atoms with Gasteiger partial charge in [-0.3, -0.25) is 9.69 Å². The molecule has 13 heavy (non-hydrogen) atoms. The summed E-state index contributed by atoms with van der Waals surface area (Å²) in [6, 6.07) is -0.252. The molecule has 0 saturated carbocycles. The summed E-state index contributed by atoms with van der Waals surface area (Å²) < 4.78 is 0. The lowest BCUT2D eigenvalue weighted by molar-refractivity contribution is -0.125. The molecule has 0 aromatic rings. The van der Waals surface area contributed by atoms with E-state index in [-0.39, 0.29) is 18.5 Å². The number of rotatable bonds is 4. The van der Waals surface area contributed by atoms with Crippen molar-refractivity contribution in [1.29, 1.82) is 0 Å². The van der Waals surface area contributed by atoms with Gasteiger partial charge in [-0.25, -0.2) is 4.79 Å². The molecule has 0 bridgehead atoms. The molecule has 1 rings (SSSR count). The first-order chi connectivity index (χ1) is 6.15. The standard InChI is InChI=1S/C8H14N2O2S/c1-6(13-2)3-4-10-7(11)5-9-8(10)12/h6H,3-5H2,1-2H3,(H,9,12). The highest BCUT2D eigenvalue weighted by Crippen LogP contribution is 2.11. The Morgan fingerprint density at radius 1 is 1.62 bits per heavy atom. The highest BCUT2D eigenvalue weighted by molar-refractivity contribution is 7.99. The van der Waals surface area contributed by atoms with Gasteiger partial charge in [-0.15, -0.1) is 0 Å². The van der Waals surface area contributed by atoms with E-state index >= 15 is 0 Å². The van der Waals surface area contributed by atoms with Crippen LogP contribution < -0.4 is 5.32 Å². The number of nitrogens with zero attached hydrogens (tertiary/aromatic N) is 1. The molecule has 1 unspecified atom stereocenters. The van der Waals surface area contributed by atoms with E-state index in [9.17, 15) is 9.59 Å². The van der Waals surface area contributed by atoms with Crippen LogP contribution in [0.15, 0.2) is 0 Å². The lowest BCUT2D eigenvalue weighted by Gasteiger charge is -2.14. The van der Waals surface area contributed by atoms with Crippen molar-refractivity contribution in [2.75, 3.05) is 19.3 Å². The first kappa shape index (κ1) is 10.4. The Balaban J connectivity index is 2.35. The van der Waals surface area contributed by atoms with Gasteiger partial charge >= 0.3 is 6.03 Å². The quantitative estimate of drug-likeness (QED) is 0.682. The van der Waals surface area contributed by atoms with E-state index in [2.05, 4.69) is 12.2 Å². The molecule has 0 spiro atoms. The third kappa shape index (κ3) is 2.62. The summed E-state index contributed by atoms with van der Waals surface area (Å²) in [4.78, 5) is 23.5. The van der Waals surface area contributed by atoms with Crippen LogP contribution in [0.4, 0.5) is 4.79 Å². The van der Waals surface area contributed by atoms with Crippen molar-refractivity contribution in [2.45, 2.75) is 18.6 Å². The van der Waals surface area contributed by atoms with Crippen molar-refractivity contribution in [2.24, 2.45) is 0 Å². The van der Waals surface area contributed by atoms with E-state index in [0.29, 0.717) is 11.8 Å². The number of hydrogen-bond acceptors (Lipinski definition) is 3. The molecule has 74 valence electrons. The van der Waals surface area contributed by atoms with Crippen LogP contribution in [-0.4, -0.2) is 41.4 Å². The molecule has 1 aliphatic rings. The second kappa shape index (κ2) is 4.50. The fraction of sp³-hybridized carbons (Fsp3) is 0.750. The van der Waals surface area contributed by atoms with Gasteiger partial charge in [0.1, 0.15) is 0 Å². The maximum Gasteiger partial charge on any atom is 0.324 e. The summed E-state index contributed by atoms with van der Waals surface area (Å²) in [6.07, 6.45) is 2.89. The third-order valence-corrected chi connectivity index (χ3v) is 3.14. The lowest BCUT2D eigenvalue weighted by Crippen LogP contribution is -2.32. The van der Waals surface area contributed by atoms with Gasteiger partial charge in [-0.05, 0) is 12.7 Å². The molecule has 1 aliphatic heterocycles. The predicted octanol–water partition coefficient (Wildman–Crippen LogP) is 0.680. The van der Waals surface area contributed by atoms with E-state index in [4.69, 9.17) is 0 Å². The van der Waals surface area contributed by atoms with Crippen LogP contribution in [0.3, 0.4) is 0 Å². The molecule has 1 N–H and O–H groups in total. The SMILES string of the molecule is CSC(C)CCN1C(=O)CNC1=O. The van der Waals surface area contributed by atoms with Crippen LogP contribution in [0.5, 0.6) is 0 Å². The monoisotopic (exact) mass is 202 g/mol. The van der Waals surface area contributed by atoms with Crippen molar-refractivity contribution < 1.29 is 9.59 Å². The van der Waals surface area contributed by atoms with Crippen LogP contribution in [0, 0.1) is 0 Å². The van der Waals surface area contributed by atoms with Gasteiger partial charge in [0.25, 0.3) is 0 Å². The number of thioether (sulfide) groups is 1. The van der Waals surface area contributed by atoms with Crippen LogP contribution in [0.25, 0.3) is 0 Å². The van der Waals surface area contributed by atoms with Crippen molar-refractivity contribution in [3.05, 3.63) is 0 Å². The molecule has 1 atom stereocenters. The lowest BCUT2D eigenvalue weighted by atomic mass is 10.3. The first-order valence-corrected chi connectivity index (χ1v) is 5.55. The zero-order valence-electron chi connectivity index (χ0n) is 7.87. The maximum atomic E-state index is 11.1. The number of urea groups is 1. The third-order valence-electron chi connectivity index (χ3n) is 2.10. The Hall–Kier alpha value is -0.710. The van der Waals surface area contributed by atoms with E-state index in [1.54, 1.807) is 11.8 Å². The van der Waals surface area contributed by atoms with Gasteiger partial charge in [0.2, 0.25) is 5.91 Å². The fourth-order valence-corrected chi connectivity index (χ4v) is 1.45. The van der Waals surface area contributed by atoms with Gasteiger partial charge in [-0.2, -0.15) is 11.8 Å². The number of hydrogen-bond donors (Lipinski definition) is 1. The van der Waals surface area contributed by atoms with Gasteiger partial charge in [0, 0.05) is 11.8 Å². The van der Waals surface area contributed by atoms with Gasteiger partial charge in [0.05, 0.1) is 6.54 Å². The van der Waals surface area contributed by atoms with Gasteiger partial charge in [0.15, 0.2) is 0 Å². The highest BCUT2D eigenvalue weighted by atomic mass is 32.2. The molecule has 4 nitrogen and oxygen atoms in total. The number of imide groups is 1. The van der Waals surface area contributed by atoms with Crippen LogP contribution in [0.2, 0.25) is 0 Å². The molecule has 1 fully saturated rings. The highest BCUT2D eigenvalue weighted by Gasteiger charge is 2.27. The Labute approximate surface area is 82.0 Å². The summed E-state index contributed by atoms with van der Waals surface area (Å²) in [7, 11) is 0. The maximum absolute atomic E-state index is 11.1. The van der Waals surface area contributed by atoms with Crippen molar-refractivity contribution in [3.63, 3.8) is 0 Å². The molecule has 3 amide bonds. The topological polar surface area (TPSA) is 49.4 Å². The molecular weight excluding hydrogens is 188 g/mol. The summed E-state index contributed by atoms with van der Waals surface area (Å²) in [5, 5.41) is 2.98. The summed E-state index contributed by atoms with van der Waals surface area (Å²) in [6.45, 7) is 2.78. The molecule has 1 heterocycles. The molecule has 0 aromatic carbocycles. The predicted molar refractivity (Wildman–Crippen MR) is 52.7 cm³/mol. The number of carbonyl (C=O) groups excluding carboxylic acids is 2. The normalized spacial score (nSPS) is 19.1. The Kier molecular flexibility index (Phi) is 3.59. The van der Waals surface area contributed by atoms with Crippen molar-refractivity contribution >= 4 is 23.7 Å². The van der Waals surface area contributed by atoms with E-state index < -0.39 is 0 Å². The summed E-state index contributed by atoms with van der Waals surface area (Å²) >= 11 is 1.74. The Bertz CT molecular complexity index is 204. The van der Waals surface area contributed by atoms with E-state index in [1.165, 1.54) is 4.90 Å². The van der Waals surface area contributed by atoms with Crippen LogP contribution in [0.1, 0.15) is 13.3 Å². The zero-order chi connectivity index (χ0) is 9.84. The molecule has 0 aliphatic carbocycles. The first-order valence-electron chi connectivity index (χ1n) is 4.26. The van der Waals surface area contributed by atoms with Crippen LogP contribution in [-0.2, 0) is 4.79 Å². The van der Waals surface area contributed by atoms with E-state index in [1.807, 2.05) is 6.26 Å². The Morgan fingerprint density at radius 2 is 2.31 bits per heavy atom. The number of amides is 3. The number of carbonyl (C=O) groups is 2. The minimum atomic E-state index is -0.252.